The lowest BCUT2D eigenvalue weighted by molar-refractivity contribution is 0.193. The number of aryl methyl sites for hydroxylation is 1. The van der Waals surface area contributed by atoms with Crippen LogP contribution in [0.5, 0.6) is 0 Å². The Morgan fingerprint density at radius 1 is 1.30 bits per heavy atom. The van der Waals surface area contributed by atoms with Crippen molar-refractivity contribution in [2.24, 2.45) is 0 Å². The third kappa shape index (κ3) is 3.01. The number of nitrogens with zero attached hydrogens (tertiary/aromatic N) is 5. The van der Waals surface area contributed by atoms with Crippen LogP contribution in [0, 0.1) is 0 Å². The zero-order valence-electron chi connectivity index (χ0n) is 13.4. The molecule has 0 unspecified atom stereocenters. The molecule has 0 radical (unpaired) electrons. The van der Waals surface area contributed by atoms with E-state index >= 15 is 0 Å². The molecule has 0 amide bonds. The summed E-state index contributed by atoms with van der Waals surface area (Å²) in [6.45, 7) is 6.08. The van der Waals surface area contributed by atoms with Crippen LogP contribution in [0.1, 0.15) is 36.5 Å². The van der Waals surface area contributed by atoms with Gasteiger partial charge in [-0.25, -0.2) is 14.6 Å². The Bertz CT molecular complexity index is 760. The van der Waals surface area contributed by atoms with E-state index in [1.54, 1.807) is 6.33 Å². The molecular formula is C17H21N5S. The third-order valence-corrected chi connectivity index (χ3v) is 5.72. The van der Waals surface area contributed by atoms with Gasteiger partial charge >= 0.3 is 0 Å². The molecular weight excluding hydrogens is 306 g/mol. The summed E-state index contributed by atoms with van der Waals surface area (Å²) in [6, 6.07) is 8.44. The molecule has 2 aromatic heterocycles. The van der Waals surface area contributed by atoms with Crippen molar-refractivity contribution in [1.82, 2.24) is 24.6 Å². The zero-order chi connectivity index (χ0) is 15.6. The fraction of sp³-hybridized carbons (Fsp3) is 0.471. The molecule has 1 saturated heterocycles. The minimum absolute atomic E-state index is 0.541. The summed E-state index contributed by atoms with van der Waals surface area (Å²) in [5.41, 5.74) is 1.13. The van der Waals surface area contributed by atoms with Gasteiger partial charge in [0, 0.05) is 19.0 Å². The second-order valence-corrected chi connectivity index (χ2v) is 7.15. The SMILES string of the molecule is CCn1ncnc1CN1CCC[C@@H](c2nc3ccccc3s2)C1. The van der Waals surface area contributed by atoms with Crippen LogP contribution in [-0.2, 0) is 13.1 Å². The molecule has 0 N–H and O–H groups in total. The molecule has 0 spiro atoms. The lowest BCUT2D eigenvalue weighted by Crippen LogP contribution is -2.34. The minimum Gasteiger partial charge on any atom is -0.295 e. The minimum atomic E-state index is 0.541. The Morgan fingerprint density at radius 2 is 2.22 bits per heavy atom. The van der Waals surface area contributed by atoms with Crippen molar-refractivity contribution < 1.29 is 0 Å². The Labute approximate surface area is 140 Å². The van der Waals surface area contributed by atoms with Gasteiger partial charge in [0.05, 0.1) is 21.8 Å². The summed E-state index contributed by atoms with van der Waals surface area (Å²) in [6.07, 6.45) is 4.12. The fourth-order valence-corrected chi connectivity index (χ4v) is 4.43. The molecule has 1 fully saturated rings. The number of likely N-dealkylation sites (tertiary alicyclic amines) is 1. The van der Waals surface area contributed by atoms with E-state index in [1.807, 2.05) is 16.0 Å². The molecule has 3 aromatic rings. The first kappa shape index (κ1) is 14.8. The van der Waals surface area contributed by atoms with Crippen LogP contribution < -0.4 is 0 Å². The van der Waals surface area contributed by atoms with Gasteiger partial charge in [-0.05, 0) is 38.4 Å². The maximum Gasteiger partial charge on any atom is 0.140 e. The average molecular weight is 327 g/mol. The summed E-state index contributed by atoms with van der Waals surface area (Å²) in [7, 11) is 0. The third-order valence-electron chi connectivity index (χ3n) is 4.53. The van der Waals surface area contributed by atoms with E-state index in [4.69, 9.17) is 4.98 Å². The quantitative estimate of drug-likeness (QED) is 0.738. The monoisotopic (exact) mass is 327 g/mol. The summed E-state index contributed by atoms with van der Waals surface area (Å²) in [5, 5.41) is 5.56. The largest absolute Gasteiger partial charge is 0.295 e. The maximum atomic E-state index is 4.86. The maximum absolute atomic E-state index is 4.86. The van der Waals surface area contributed by atoms with Gasteiger partial charge in [-0.15, -0.1) is 11.3 Å². The number of hydrogen-bond acceptors (Lipinski definition) is 5. The summed E-state index contributed by atoms with van der Waals surface area (Å²) >= 11 is 1.85. The molecule has 6 heteroatoms. The number of hydrogen-bond donors (Lipinski definition) is 0. The summed E-state index contributed by atoms with van der Waals surface area (Å²) < 4.78 is 3.28. The highest BCUT2D eigenvalue weighted by atomic mass is 32.1. The van der Waals surface area contributed by atoms with E-state index < -0.39 is 0 Å². The number of piperidine rings is 1. The van der Waals surface area contributed by atoms with Gasteiger partial charge in [-0.1, -0.05) is 12.1 Å². The van der Waals surface area contributed by atoms with E-state index in [-0.39, 0.29) is 0 Å². The van der Waals surface area contributed by atoms with Crippen LogP contribution in [0.3, 0.4) is 0 Å². The molecule has 5 nitrogen and oxygen atoms in total. The number of rotatable bonds is 4. The number of benzene rings is 1. The number of thiazole rings is 1. The first-order valence-electron chi connectivity index (χ1n) is 8.28. The molecule has 0 saturated carbocycles. The summed E-state index contributed by atoms with van der Waals surface area (Å²) in [4.78, 5) is 11.8. The zero-order valence-corrected chi connectivity index (χ0v) is 14.2. The van der Waals surface area contributed by atoms with Crippen molar-refractivity contribution in [3.8, 4) is 0 Å². The highest BCUT2D eigenvalue weighted by Crippen LogP contribution is 2.33. The van der Waals surface area contributed by atoms with E-state index in [9.17, 15) is 0 Å². The topological polar surface area (TPSA) is 46.8 Å². The van der Waals surface area contributed by atoms with E-state index in [0.29, 0.717) is 5.92 Å². The van der Waals surface area contributed by atoms with Gasteiger partial charge in [-0.2, -0.15) is 5.10 Å². The second-order valence-electron chi connectivity index (χ2n) is 6.09. The van der Waals surface area contributed by atoms with Gasteiger partial charge in [0.15, 0.2) is 0 Å². The van der Waals surface area contributed by atoms with Crippen LogP contribution in [-0.4, -0.2) is 37.7 Å². The van der Waals surface area contributed by atoms with Crippen molar-refractivity contribution in [1.29, 1.82) is 0 Å². The van der Waals surface area contributed by atoms with E-state index in [2.05, 4.69) is 46.2 Å². The normalized spacial score (nSPS) is 19.4. The standard InChI is InChI=1S/C17H21N5S/c1-2-22-16(18-12-19-22)11-21-9-5-6-13(10-21)17-20-14-7-3-4-8-15(14)23-17/h3-4,7-8,12-13H,2,5-6,9-11H2,1H3/t13-/m1/s1. The van der Waals surface area contributed by atoms with Crippen LogP contribution in [0.25, 0.3) is 10.2 Å². The van der Waals surface area contributed by atoms with Crippen molar-refractivity contribution in [2.45, 2.75) is 38.8 Å². The first-order valence-corrected chi connectivity index (χ1v) is 9.09. The smallest absolute Gasteiger partial charge is 0.140 e. The number of para-hydroxylation sites is 1. The highest BCUT2D eigenvalue weighted by molar-refractivity contribution is 7.18. The molecule has 3 heterocycles. The Morgan fingerprint density at radius 3 is 3.09 bits per heavy atom. The van der Waals surface area contributed by atoms with Crippen LogP contribution in [0.15, 0.2) is 30.6 Å². The van der Waals surface area contributed by atoms with Gasteiger partial charge in [-0.3, -0.25) is 4.90 Å². The van der Waals surface area contributed by atoms with Crippen LogP contribution in [0.4, 0.5) is 0 Å². The fourth-order valence-electron chi connectivity index (χ4n) is 3.34. The molecule has 4 rings (SSSR count). The van der Waals surface area contributed by atoms with Crippen LogP contribution in [0.2, 0.25) is 0 Å². The predicted octanol–water partition coefficient (Wildman–Crippen LogP) is 3.29. The average Bonchev–Trinajstić information content (AvgIpc) is 3.21. The van der Waals surface area contributed by atoms with Gasteiger partial charge in [0.25, 0.3) is 0 Å². The summed E-state index contributed by atoms with van der Waals surface area (Å²) in [5.74, 6) is 1.61. The van der Waals surface area contributed by atoms with E-state index in [1.165, 1.54) is 22.5 Å². The predicted molar refractivity (Wildman–Crippen MR) is 92.6 cm³/mol. The molecule has 23 heavy (non-hydrogen) atoms. The van der Waals surface area contributed by atoms with Gasteiger partial charge in [0.1, 0.15) is 12.2 Å². The van der Waals surface area contributed by atoms with Crippen molar-refractivity contribution in [2.75, 3.05) is 13.1 Å². The Hall–Kier alpha value is -1.79. The van der Waals surface area contributed by atoms with Crippen molar-refractivity contribution in [3.05, 3.63) is 41.4 Å². The van der Waals surface area contributed by atoms with Crippen molar-refractivity contribution >= 4 is 21.6 Å². The van der Waals surface area contributed by atoms with E-state index in [0.717, 1.165) is 37.5 Å². The Balaban J connectivity index is 1.50. The Kier molecular flexibility index (Phi) is 4.10. The number of aromatic nitrogens is 4. The van der Waals surface area contributed by atoms with Crippen molar-refractivity contribution in [3.63, 3.8) is 0 Å². The van der Waals surface area contributed by atoms with Gasteiger partial charge < -0.3 is 0 Å². The second kappa shape index (κ2) is 6.37. The molecule has 1 aliphatic heterocycles. The molecule has 1 aromatic carbocycles. The lowest BCUT2D eigenvalue weighted by Gasteiger charge is -2.31. The molecule has 0 bridgehead atoms. The highest BCUT2D eigenvalue weighted by Gasteiger charge is 2.25. The van der Waals surface area contributed by atoms with Gasteiger partial charge in [0.2, 0.25) is 0 Å². The molecule has 1 atom stereocenters. The molecule has 120 valence electrons. The first-order chi connectivity index (χ1) is 11.3. The lowest BCUT2D eigenvalue weighted by atomic mass is 9.99. The number of fused-ring (bicyclic) bond motifs is 1. The van der Waals surface area contributed by atoms with Crippen LogP contribution >= 0.6 is 11.3 Å². The molecule has 1 aliphatic rings. The molecule has 0 aliphatic carbocycles.